The summed E-state index contributed by atoms with van der Waals surface area (Å²) in [6.45, 7) is 8.52. The van der Waals surface area contributed by atoms with Crippen LogP contribution < -0.4 is 5.46 Å². The van der Waals surface area contributed by atoms with Gasteiger partial charge in [0.15, 0.2) is 0 Å². The molecule has 0 aliphatic carbocycles. The van der Waals surface area contributed by atoms with E-state index in [2.05, 4.69) is 18.7 Å². The maximum absolute atomic E-state index is 6.18. The SMILES string of the molecule is CCCCC#C[B-](OC(C)C)(OC(C)C)c1ccccc1. The predicted molar refractivity (Wildman–Crippen MR) is 91.6 cm³/mol. The predicted octanol–water partition coefficient (Wildman–Crippen LogP) is 3.92. The van der Waals surface area contributed by atoms with Crippen molar-refractivity contribution in [2.24, 2.45) is 0 Å². The minimum Gasteiger partial charge on any atom is -0.552 e. The van der Waals surface area contributed by atoms with Crippen molar-refractivity contribution >= 4 is 12.0 Å². The van der Waals surface area contributed by atoms with Crippen molar-refractivity contribution in [3.8, 4) is 11.7 Å². The van der Waals surface area contributed by atoms with Gasteiger partial charge in [-0.15, -0.1) is 11.4 Å². The Kier molecular flexibility index (Phi) is 7.57. The highest BCUT2D eigenvalue weighted by atomic mass is 16.6. The van der Waals surface area contributed by atoms with Crippen LogP contribution in [0.15, 0.2) is 30.3 Å². The summed E-state index contributed by atoms with van der Waals surface area (Å²) in [7, 11) is 0. The van der Waals surface area contributed by atoms with Gasteiger partial charge in [0.05, 0.1) is 0 Å². The van der Waals surface area contributed by atoms with E-state index >= 15 is 0 Å². The molecule has 0 N–H and O–H groups in total. The second kappa shape index (κ2) is 8.92. The van der Waals surface area contributed by atoms with Crippen LogP contribution in [0.3, 0.4) is 0 Å². The lowest BCUT2D eigenvalue weighted by atomic mass is 9.51. The molecule has 0 atom stereocenters. The Morgan fingerprint density at radius 2 is 1.57 bits per heavy atom. The zero-order chi connectivity index (χ0) is 15.7. The second-order valence-corrected chi connectivity index (χ2v) is 5.92. The van der Waals surface area contributed by atoms with Crippen LogP contribution in [0.5, 0.6) is 0 Å². The first-order chi connectivity index (χ1) is 10.00. The van der Waals surface area contributed by atoms with Gasteiger partial charge in [-0.05, 0) is 34.1 Å². The van der Waals surface area contributed by atoms with E-state index in [9.17, 15) is 0 Å². The summed E-state index contributed by atoms with van der Waals surface area (Å²) in [5.74, 6) is 6.58. The first-order valence-corrected chi connectivity index (χ1v) is 8.05. The van der Waals surface area contributed by atoms with E-state index in [0.29, 0.717) is 0 Å². The van der Waals surface area contributed by atoms with Crippen LogP contribution in [0.2, 0.25) is 0 Å². The van der Waals surface area contributed by atoms with Crippen LogP contribution in [0.4, 0.5) is 0 Å². The lowest BCUT2D eigenvalue weighted by molar-refractivity contribution is 0.126. The van der Waals surface area contributed by atoms with Gasteiger partial charge in [-0.25, -0.2) is 5.82 Å². The number of rotatable bonds is 7. The topological polar surface area (TPSA) is 18.5 Å². The summed E-state index contributed by atoms with van der Waals surface area (Å²) >= 11 is 0. The number of hydrogen-bond donors (Lipinski definition) is 0. The molecule has 0 aliphatic heterocycles. The zero-order valence-corrected chi connectivity index (χ0v) is 14.1. The normalized spacial score (nSPS) is 11.6. The van der Waals surface area contributed by atoms with Crippen molar-refractivity contribution in [1.29, 1.82) is 0 Å². The third-order valence-electron chi connectivity index (χ3n) is 3.11. The molecule has 0 saturated heterocycles. The third-order valence-corrected chi connectivity index (χ3v) is 3.11. The van der Waals surface area contributed by atoms with Gasteiger partial charge in [0.1, 0.15) is 0 Å². The standard InChI is InChI=1S/C18H28BO2/c1-6-7-8-12-15-19(20-16(2)3,21-17(4)5)18-13-10-9-11-14-18/h9-11,13-14,16-17H,6-8H2,1-5H3/q-1. The van der Waals surface area contributed by atoms with Crippen LogP contribution in [-0.4, -0.2) is 18.8 Å². The quantitative estimate of drug-likeness (QED) is 0.430. The Balaban J connectivity index is 3.16. The minimum atomic E-state index is -1.76. The molecule has 3 heteroatoms. The first kappa shape index (κ1) is 17.8. The average molecular weight is 287 g/mol. The Morgan fingerprint density at radius 3 is 2.05 bits per heavy atom. The van der Waals surface area contributed by atoms with Crippen molar-refractivity contribution in [2.75, 3.05) is 0 Å². The maximum atomic E-state index is 6.18. The fourth-order valence-corrected chi connectivity index (χ4v) is 2.29. The molecule has 0 aliphatic rings. The highest BCUT2D eigenvalue weighted by Crippen LogP contribution is 2.14. The zero-order valence-electron chi connectivity index (χ0n) is 14.1. The number of hydrogen-bond acceptors (Lipinski definition) is 2. The monoisotopic (exact) mass is 287 g/mol. The van der Waals surface area contributed by atoms with Gasteiger partial charge in [-0.3, -0.25) is 0 Å². The Hall–Kier alpha value is -1.24. The molecule has 0 fully saturated rings. The average Bonchev–Trinajstić information content (AvgIpc) is 2.43. The molecular weight excluding hydrogens is 259 g/mol. The molecule has 0 bridgehead atoms. The summed E-state index contributed by atoms with van der Waals surface area (Å²) in [4.78, 5) is 0. The second-order valence-electron chi connectivity index (χ2n) is 5.92. The summed E-state index contributed by atoms with van der Waals surface area (Å²) in [5.41, 5.74) is 1.02. The van der Waals surface area contributed by atoms with Crippen LogP contribution in [0.25, 0.3) is 0 Å². The van der Waals surface area contributed by atoms with Gasteiger partial charge in [0.2, 0.25) is 0 Å². The molecule has 1 aromatic carbocycles. The summed E-state index contributed by atoms with van der Waals surface area (Å²) in [5, 5.41) is 0. The molecule has 1 aromatic rings. The highest BCUT2D eigenvalue weighted by molar-refractivity contribution is 6.88. The van der Waals surface area contributed by atoms with Crippen molar-refractivity contribution in [1.82, 2.24) is 0 Å². The fraction of sp³-hybridized carbons (Fsp3) is 0.556. The van der Waals surface area contributed by atoms with Crippen LogP contribution in [0.1, 0.15) is 53.9 Å². The number of unbranched alkanes of at least 4 members (excludes halogenated alkanes) is 2. The molecule has 1 rings (SSSR count). The van der Waals surface area contributed by atoms with Crippen molar-refractivity contribution in [2.45, 2.75) is 66.1 Å². The van der Waals surface area contributed by atoms with Gasteiger partial charge >= 0.3 is 6.55 Å². The maximum Gasteiger partial charge on any atom is 0.344 e. The van der Waals surface area contributed by atoms with Gasteiger partial charge in [-0.1, -0.05) is 43.7 Å². The molecular formula is C18H28BO2-. The van der Waals surface area contributed by atoms with Gasteiger partial charge in [0, 0.05) is 18.6 Å². The molecule has 0 unspecified atom stereocenters. The molecule has 2 nitrogen and oxygen atoms in total. The van der Waals surface area contributed by atoms with Gasteiger partial charge in [-0.2, -0.15) is 0 Å². The smallest absolute Gasteiger partial charge is 0.344 e. The molecule has 21 heavy (non-hydrogen) atoms. The molecule has 0 heterocycles. The van der Waals surface area contributed by atoms with E-state index in [4.69, 9.17) is 9.31 Å². The summed E-state index contributed by atoms with van der Waals surface area (Å²) in [6.07, 6.45) is 3.26. The van der Waals surface area contributed by atoms with Gasteiger partial charge < -0.3 is 9.31 Å². The largest absolute Gasteiger partial charge is 0.552 e. The van der Waals surface area contributed by atoms with Crippen molar-refractivity contribution < 1.29 is 9.31 Å². The summed E-state index contributed by atoms with van der Waals surface area (Å²) in [6, 6.07) is 10.1. The Bertz CT molecular complexity index is 447. The van der Waals surface area contributed by atoms with E-state index in [-0.39, 0.29) is 12.2 Å². The van der Waals surface area contributed by atoms with E-state index in [0.717, 1.165) is 24.7 Å². The molecule has 0 radical (unpaired) electrons. The molecule has 0 saturated carbocycles. The molecule has 0 amide bonds. The minimum absolute atomic E-state index is 0.0597. The molecule has 116 valence electrons. The number of benzene rings is 1. The van der Waals surface area contributed by atoms with Crippen LogP contribution >= 0.6 is 0 Å². The van der Waals surface area contributed by atoms with Gasteiger partial charge in [0.25, 0.3) is 0 Å². The Labute approximate surface area is 130 Å². The third kappa shape index (κ3) is 5.95. The molecule has 0 aromatic heterocycles. The van der Waals surface area contributed by atoms with E-state index < -0.39 is 6.55 Å². The fourth-order valence-electron chi connectivity index (χ4n) is 2.29. The van der Waals surface area contributed by atoms with Crippen molar-refractivity contribution in [3.63, 3.8) is 0 Å². The first-order valence-electron chi connectivity index (χ1n) is 8.05. The molecule has 0 spiro atoms. The van der Waals surface area contributed by atoms with E-state index in [1.807, 2.05) is 58.0 Å². The van der Waals surface area contributed by atoms with Crippen LogP contribution in [-0.2, 0) is 9.31 Å². The van der Waals surface area contributed by atoms with E-state index in [1.165, 1.54) is 0 Å². The Morgan fingerprint density at radius 1 is 1.00 bits per heavy atom. The lowest BCUT2D eigenvalue weighted by Crippen LogP contribution is -2.55. The summed E-state index contributed by atoms with van der Waals surface area (Å²) < 4.78 is 12.4. The lowest BCUT2D eigenvalue weighted by Gasteiger charge is -2.41. The highest BCUT2D eigenvalue weighted by Gasteiger charge is 2.29. The van der Waals surface area contributed by atoms with Crippen molar-refractivity contribution in [3.05, 3.63) is 30.3 Å². The van der Waals surface area contributed by atoms with Crippen LogP contribution in [0, 0.1) is 11.7 Å². The van der Waals surface area contributed by atoms with E-state index in [1.54, 1.807) is 0 Å².